The molecule has 12 heteroatoms. The van der Waals surface area contributed by atoms with Gasteiger partial charge >= 0.3 is 0 Å². The summed E-state index contributed by atoms with van der Waals surface area (Å²) in [4.78, 5) is 14.6. The second-order valence-corrected chi connectivity index (χ2v) is 11.1. The molecule has 0 saturated heterocycles. The molecule has 31 heavy (non-hydrogen) atoms. The fourth-order valence-corrected chi connectivity index (χ4v) is 5.91. The van der Waals surface area contributed by atoms with Crippen molar-refractivity contribution in [3.63, 3.8) is 0 Å². The lowest BCUT2D eigenvalue weighted by Crippen LogP contribution is -2.41. The number of thiophene rings is 1. The number of sulfonamides is 2. The maximum absolute atomic E-state index is 12.6. The van der Waals surface area contributed by atoms with Gasteiger partial charge in [-0.1, -0.05) is 18.2 Å². The molecule has 0 unspecified atom stereocenters. The zero-order valence-corrected chi connectivity index (χ0v) is 18.3. The number of benzene rings is 2. The van der Waals surface area contributed by atoms with Gasteiger partial charge in [-0.15, -0.1) is 16.2 Å². The summed E-state index contributed by atoms with van der Waals surface area (Å²) in [5, 5.41) is 1.62. The van der Waals surface area contributed by atoms with Crippen molar-refractivity contribution in [2.45, 2.75) is 15.5 Å². The van der Waals surface area contributed by atoms with Crippen LogP contribution in [0.2, 0.25) is 0 Å². The Hall–Kier alpha value is -2.93. The average Bonchev–Trinajstić information content (AvgIpc) is 3.44. The first-order chi connectivity index (χ1) is 14.8. The second kappa shape index (κ2) is 8.30. The lowest BCUT2D eigenvalue weighted by Gasteiger charge is -2.13. The Labute approximate surface area is 183 Å². The number of nitrogens with one attached hydrogen (secondary N) is 3. The maximum atomic E-state index is 12.6. The molecule has 0 saturated carbocycles. The summed E-state index contributed by atoms with van der Waals surface area (Å²) in [7, 11) is -7.92. The molecule has 0 fully saturated rings. The number of carbonyl (C=O) groups excluding carboxylic acids is 1. The van der Waals surface area contributed by atoms with Crippen molar-refractivity contribution in [1.82, 2.24) is 10.3 Å². The van der Waals surface area contributed by atoms with Crippen molar-refractivity contribution in [3.05, 3.63) is 71.1 Å². The zero-order valence-electron chi connectivity index (χ0n) is 15.9. The van der Waals surface area contributed by atoms with E-state index < -0.39 is 26.0 Å². The van der Waals surface area contributed by atoms with Gasteiger partial charge in [0, 0.05) is 6.42 Å². The van der Waals surface area contributed by atoms with E-state index in [2.05, 4.69) is 10.1 Å². The lowest BCUT2D eigenvalue weighted by molar-refractivity contribution is 0.0946. The van der Waals surface area contributed by atoms with E-state index in [1.54, 1.807) is 23.6 Å². The Morgan fingerprint density at radius 2 is 1.77 bits per heavy atom. The molecule has 162 valence electrons. The lowest BCUT2D eigenvalue weighted by atomic mass is 10.2. The van der Waals surface area contributed by atoms with Gasteiger partial charge < -0.3 is 4.74 Å². The van der Waals surface area contributed by atoms with Crippen LogP contribution >= 0.6 is 11.3 Å². The summed E-state index contributed by atoms with van der Waals surface area (Å²) in [5.74, 6) is -0.188. The van der Waals surface area contributed by atoms with Crippen molar-refractivity contribution in [3.8, 4) is 5.75 Å². The molecule has 1 amide bonds. The summed E-state index contributed by atoms with van der Waals surface area (Å²) in [6.07, 6.45) is 0.600. The number of amides is 1. The number of fused-ring (bicyclic) bond motifs is 1. The minimum absolute atomic E-state index is 0.0160. The van der Waals surface area contributed by atoms with Gasteiger partial charge in [0.15, 0.2) is 0 Å². The second-order valence-electron chi connectivity index (χ2n) is 6.51. The summed E-state index contributed by atoms with van der Waals surface area (Å²) >= 11 is 1.03. The molecule has 3 N–H and O–H groups in total. The van der Waals surface area contributed by atoms with Gasteiger partial charge in [-0.2, -0.15) is 0 Å². The number of rotatable bonds is 7. The zero-order chi connectivity index (χ0) is 22.1. The van der Waals surface area contributed by atoms with Crippen molar-refractivity contribution in [2.24, 2.45) is 0 Å². The van der Waals surface area contributed by atoms with E-state index in [1.165, 1.54) is 36.4 Å². The fourth-order valence-electron chi connectivity index (χ4n) is 2.95. The number of hydrogen-bond donors (Lipinski definition) is 3. The Kier molecular flexibility index (Phi) is 5.71. The number of para-hydroxylation sites is 1. The fraction of sp³-hybridized carbons (Fsp3) is 0.105. The van der Waals surface area contributed by atoms with Crippen molar-refractivity contribution < 1.29 is 26.4 Å². The molecule has 2 heterocycles. The Morgan fingerprint density at radius 3 is 2.55 bits per heavy atom. The van der Waals surface area contributed by atoms with Crippen LogP contribution in [0.15, 0.2) is 69.1 Å². The molecule has 0 atom stereocenters. The molecule has 2 aromatic carbocycles. The van der Waals surface area contributed by atoms with E-state index in [0.29, 0.717) is 18.8 Å². The maximum Gasteiger partial charge on any atom is 0.271 e. The highest BCUT2D eigenvalue weighted by atomic mass is 32.2. The van der Waals surface area contributed by atoms with Crippen molar-refractivity contribution >= 4 is 43.0 Å². The van der Waals surface area contributed by atoms with Gasteiger partial charge in [0.1, 0.15) is 9.96 Å². The highest BCUT2D eigenvalue weighted by Crippen LogP contribution is 2.27. The molecule has 3 aromatic rings. The number of carbonyl (C=O) groups is 1. The highest BCUT2D eigenvalue weighted by Gasteiger charge is 2.22. The van der Waals surface area contributed by atoms with Crippen LogP contribution in [0.1, 0.15) is 15.9 Å². The van der Waals surface area contributed by atoms with Gasteiger partial charge in [-0.3, -0.25) is 14.9 Å². The first kappa shape index (κ1) is 21.3. The molecule has 9 nitrogen and oxygen atoms in total. The smallest absolute Gasteiger partial charge is 0.271 e. The van der Waals surface area contributed by atoms with Gasteiger partial charge in [0.05, 0.1) is 22.8 Å². The molecule has 0 radical (unpaired) electrons. The predicted octanol–water partition coefficient (Wildman–Crippen LogP) is 2.11. The van der Waals surface area contributed by atoms with Crippen LogP contribution in [0.5, 0.6) is 5.75 Å². The normalized spacial score (nSPS) is 13.3. The predicted molar refractivity (Wildman–Crippen MR) is 115 cm³/mol. The van der Waals surface area contributed by atoms with Crippen LogP contribution < -0.4 is 19.7 Å². The minimum Gasteiger partial charge on any atom is -0.493 e. The van der Waals surface area contributed by atoms with Crippen LogP contribution in [0, 0.1) is 0 Å². The quantitative estimate of drug-likeness (QED) is 0.445. The third kappa shape index (κ3) is 4.56. The van der Waals surface area contributed by atoms with E-state index in [0.717, 1.165) is 16.9 Å². The summed E-state index contributed by atoms with van der Waals surface area (Å²) in [6, 6.07) is 13.3. The number of hydrazine groups is 1. The molecule has 1 aromatic heterocycles. The molecule has 0 aliphatic carbocycles. The summed E-state index contributed by atoms with van der Waals surface area (Å²) in [6.45, 7) is 0.487. The SMILES string of the molecule is O=C(NNS(=O)(=O)c1ccc2c(c1)CCO2)c1ccccc1NS(=O)(=O)c1cccs1. The first-order valence-corrected chi connectivity index (χ1v) is 12.8. The third-order valence-corrected chi connectivity index (χ3v) is 8.45. The van der Waals surface area contributed by atoms with Crippen LogP contribution in [0.3, 0.4) is 0 Å². The van der Waals surface area contributed by atoms with Gasteiger partial charge in [-0.05, 0) is 47.3 Å². The van der Waals surface area contributed by atoms with E-state index >= 15 is 0 Å². The van der Waals surface area contributed by atoms with Gasteiger partial charge in [-0.25, -0.2) is 16.8 Å². The van der Waals surface area contributed by atoms with E-state index in [9.17, 15) is 21.6 Å². The topological polar surface area (TPSA) is 131 Å². The largest absolute Gasteiger partial charge is 0.493 e. The van der Waals surface area contributed by atoms with Crippen LogP contribution in [-0.4, -0.2) is 29.3 Å². The minimum atomic E-state index is -4.04. The van der Waals surface area contributed by atoms with E-state index in [-0.39, 0.29) is 20.4 Å². The van der Waals surface area contributed by atoms with Crippen molar-refractivity contribution in [2.75, 3.05) is 11.3 Å². The Balaban J connectivity index is 1.50. The highest BCUT2D eigenvalue weighted by molar-refractivity contribution is 7.94. The van der Waals surface area contributed by atoms with E-state index in [4.69, 9.17) is 4.74 Å². The molecule has 1 aliphatic rings. The van der Waals surface area contributed by atoms with Gasteiger partial charge in [0.2, 0.25) is 0 Å². The molecule has 0 bridgehead atoms. The summed E-state index contributed by atoms with van der Waals surface area (Å²) < 4.78 is 57.9. The third-order valence-electron chi connectivity index (χ3n) is 4.45. The molecular formula is C19H17N3O6S3. The van der Waals surface area contributed by atoms with E-state index in [1.807, 2.05) is 4.83 Å². The number of hydrogen-bond acceptors (Lipinski definition) is 7. The first-order valence-electron chi connectivity index (χ1n) is 8.99. The van der Waals surface area contributed by atoms with Gasteiger partial charge in [0.25, 0.3) is 26.0 Å². The standard InChI is InChI=1S/C19H17N3O6S3/c23-19(20-22-30(24,25)14-7-8-17-13(12-14)9-10-28-17)15-4-1-2-5-16(15)21-31(26,27)18-6-3-11-29-18/h1-8,11-12,21-22H,9-10H2,(H,20,23). The Bertz CT molecular complexity index is 1340. The summed E-state index contributed by atoms with van der Waals surface area (Å²) in [5.41, 5.74) is 2.86. The molecule has 1 aliphatic heterocycles. The monoisotopic (exact) mass is 479 g/mol. The molecule has 0 spiro atoms. The number of ether oxygens (including phenoxy) is 1. The molecule has 4 rings (SSSR count). The van der Waals surface area contributed by atoms with Crippen LogP contribution in [0.25, 0.3) is 0 Å². The number of anilines is 1. The van der Waals surface area contributed by atoms with Crippen molar-refractivity contribution in [1.29, 1.82) is 0 Å². The Morgan fingerprint density at radius 1 is 0.968 bits per heavy atom. The van der Waals surface area contributed by atoms with Crippen LogP contribution in [-0.2, 0) is 26.5 Å². The van der Waals surface area contributed by atoms with Crippen LogP contribution in [0.4, 0.5) is 5.69 Å². The average molecular weight is 480 g/mol. The molecular weight excluding hydrogens is 462 g/mol.